The molecule has 0 saturated carbocycles. The SMILES string of the molecule is N/C=C(\C=NC1CCNCC1)c1cccc(OCc2ccccc2)c1. The van der Waals surface area contributed by atoms with Crippen LogP contribution in [0.4, 0.5) is 0 Å². The van der Waals surface area contributed by atoms with Crippen LogP contribution in [0, 0.1) is 0 Å². The maximum Gasteiger partial charge on any atom is 0.120 e. The van der Waals surface area contributed by atoms with Crippen LogP contribution in [0.3, 0.4) is 0 Å². The smallest absolute Gasteiger partial charge is 0.120 e. The van der Waals surface area contributed by atoms with Gasteiger partial charge in [-0.1, -0.05) is 42.5 Å². The van der Waals surface area contributed by atoms with Crippen LogP contribution in [0.25, 0.3) is 5.57 Å². The van der Waals surface area contributed by atoms with Gasteiger partial charge < -0.3 is 15.8 Å². The van der Waals surface area contributed by atoms with Crippen molar-refractivity contribution in [2.75, 3.05) is 13.1 Å². The Labute approximate surface area is 149 Å². The molecule has 3 rings (SSSR count). The summed E-state index contributed by atoms with van der Waals surface area (Å²) in [6.45, 7) is 2.62. The van der Waals surface area contributed by atoms with E-state index in [0.717, 1.165) is 48.4 Å². The standard InChI is InChI=1S/C21H25N3O/c22-14-19(15-24-20-9-11-23-12-10-20)18-7-4-8-21(13-18)25-16-17-5-2-1-3-6-17/h1-8,13-15,20,23H,9-12,16,22H2/b19-14+,24-15?. The Balaban J connectivity index is 1.65. The van der Waals surface area contributed by atoms with E-state index in [1.165, 1.54) is 0 Å². The number of rotatable bonds is 6. The fraction of sp³-hybridized carbons (Fsp3) is 0.286. The highest BCUT2D eigenvalue weighted by Gasteiger charge is 2.10. The van der Waals surface area contributed by atoms with Gasteiger partial charge in [0.15, 0.2) is 0 Å². The molecule has 0 radical (unpaired) electrons. The van der Waals surface area contributed by atoms with Crippen LogP contribution in [-0.4, -0.2) is 25.3 Å². The van der Waals surface area contributed by atoms with Crippen molar-refractivity contribution < 1.29 is 4.74 Å². The monoisotopic (exact) mass is 335 g/mol. The third-order valence-corrected chi connectivity index (χ3v) is 4.33. The summed E-state index contributed by atoms with van der Waals surface area (Å²) in [5, 5.41) is 3.35. The average Bonchev–Trinajstić information content (AvgIpc) is 2.69. The summed E-state index contributed by atoms with van der Waals surface area (Å²) in [7, 11) is 0. The van der Waals surface area contributed by atoms with E-state index in [-0.39, 0.29) is 0 Å². The van der Waals surface area contributed by atoms with Gasteiger partial charge in [0.05, 0.1) is 6.04 Å². The van der Waals surface area contributed by atoms with E-state index in [9.17, 15) is 0 Å². The number of nitrogens with two attached hydrogens (primary N) is 1. The highest BCUT2D eigenvalue weighted by Crippen LogP contribution is 2.20. The zero-order chi connectivity index (χ0) is 17.3. The van der Waals surface area contributed by atoms with Crippen molar-refractivity contribution in [2.45, 2.75) is 25.5 Å². The Hall–Kier alpha value is -2.59. The Morgan fingerprint density at radius 1 is 1.12 bits per heavy atom. The number of aliphatic imine (C=N–C) groups is 1. The van der Waals surface area contributed by atoms with Crippen LogP contribution in [0.5, 0.6) is 5.75 Å². The molecule has 0 spiro atoms. The van der Waals surface area contributed by atoms with E-state index < -0.39 is 0 Å². The first-order valence-electron chi connectivity index (χ1n) is 8.78. The van der Waals surface area contributed by atoms with Crippen molar-refractivity contribution in [3.63, 3.8) is 0 Å². The van der Waals surface area contributed by atoms with E-state index in [2.05, 4.69) is 17.4 Å². The van der Waals surface area contributed by atoms with Crippen LogP contribution >= 0.6 is 0 Å². The molecule has 0 unspecified atom stereocenters. The van der Waals surface area contributed by atoms with Gasteiger partial charge in [-0.2, -0.15) is 0 Å². The van der Waals surface area contributed by atoms with Crippen LogP contribution in [0.15, 0.2) is 65.8 Å². The minimum absolute atomic E-state index is 0.383. The predicted octanol–water partition coefficient (Wildman–Crippen LogP) is 3.39. The number of nitrogens with zero attached hydrogens (tertiary/aromatic N) is 1. The van der Waals surface area contributed by atoms with Crippen molar-refractivity contribution in [1.82, 2.24) is 5.32 Å². The van der Waals surface area contributed by atoms with Gasteiger partial charge in [-0.25, -0.2) is 0 Å². The molecule has 4 heteroatoms. The number of hydrogen-bond donors (Lipinski definition) is 2. The second kappa shape index (κ2) is 9.04. The molecule has 4 nitrogen and oxygen atoms in total. The minimum atomic E-state index is 0.383. The highest BCUT2D eigenvalue weighted by atomic mass is 16.5. The van der Waals surface area contributed by atoms with E-state index in [0.29, 0.717) is 12.6 Å². The molecule has 0 aromatic heterocycles. The van der Waals surface area contributed by atoms with Crippen LogP contribution in [-0.2, 0) is 6.61 Å². The second-order valence-corrected chi connectivity index (χ2v) is 6.18. The van der Waals surface area contributed by atoms with E-state index in [1.807, 2.05) is 48.7 Å². The Morgan fingerprint density at radius 3 is 2.68 bits per heavy atom. The summed E-state index contributed by atoms with van der Waals surface area (Å²) in [4.78, 5) is 4.70. The average molecular weight is 335 g/mol. The molecule has 0 atom stereocenters. The zero-order valence-electron chi connectivity index (χ0n) is 14.4. The maximum absolute atomic E-state index is 5.90. The zero-order valence-corrected chi connectivity index (χ0v) is 14.4. The van der Waals surface area contributed by atoms with Gasteiger partial charge >= 0.3 is 0 Å². The van der Waals surface area contributed by atoms with Crippen molar-refractivity contribution >= 4 is 11.8 Å². The van der Waals surface area contributed by atoms with Gasteiger partial charge in [0.1, 0.15) is 12.4 Å². The van der Waals surface area contributed by atoms with Gasteiger partial charge in [0.25, 0.3) is 0 Å². The summed E-state index contributed by atoms with van der Waals surface area (Å²) >= 11 is 0. The first-order chi connectivity index (χ1) is 12.3. The molecular weight excluding hydrogens is 310 g/mol. The molecule has 2 aromatic carbocycles. The van der Waals surface area contributed by atoms with Crippen molar-refractivity contribution in [3.8, 4) is 5.75 Å². The highest BCUT2D eigenvalue weighted by molar-refractivity contribution is 6.09. The maximum atomic E-state index is 5.90. The number of ether oxygens (including phenoxy) is 1. The molecule has 1 fully saturated rings. The van der Waals surface area contributed by atoms with Gasteiger partial charge in [-0.3, -0.25) is 4.99 Å². The largest absolute Gasteiger partial charge is 0.489 e. The summed E-state index contributed by atoms with van der Waals surface area (Å²) in [6, 6.07) is 18.5. The molecule has 0 bridgehead atoms. The molecular formula is C21H25N3O. The van der Waals surface area contributed by atoms with E-state index in [1.54, 1.807) is 6.20 Å². The van der Waals surface area contributed by atoms with E-state index >= 15 is 0 Å². The molecule has 3 N–H and O–H groups in total. The fourth-order valence-corrected chi connectivity index (χ4v) is 2.86. The molecule has 0 aliphatic carbocycles. The second-order valence-electron chi connectivity index (χ2n) is 6.18. The number of nitrogens with one attached hydrogen (secondary N) is 1. The normalized spacial score (nSPS) is 16.2. The van der Waals surface area contributed by atoms with Gasteiger partial charge in [0.2, 0.25) is 0 Å². The molecule has 1 heterocycles. The minimum Gasteiger partial charge on any atom is -0.489 e. The molecule has 2 aromatic rings. The fourth-order valence-electron chi connectivity index (χ4n) is 2.86. The summed E-state index contributed by atoms with van der Waals surface area (Å²) in [5.41, 5.74) is 8.92. The Kier molecular flexibility index (Phi) is 6.23. The third-order valence-electron chi connectivity index (χ3n) is 4.33. The number of benzene rings is 2. The van der Waals surface area contributed by atoms with Crippen molar-refractivity contribution in [3.05, 3.63) is 71.9 Å². The van der Waals surface area contributed by atoms with Gasteiger partial charge in [-0.05, 0) is 49.2 Å². The Morgan fingerprint density at radius 2 is 1.92 bits per heavy atom. The third kappa shape index (κ3) is 5.19. The molecule has 1 aliphatic rings. The molecule has 25 heavy (non-hydrogen) atoms. The van der Waals surface area contributed by atoms with Gasteiger partial charge in [0, 0.05) is 18.0 Å². The first kappa shape index (κ1) is 17.2. The van der Waals surface area contributed by atoms with Crippen LogP contribution < -0.4 is 15.8 Å². The van der Waals surface area contributed by atoms with Crippen molar-refractivity contribution in [1.29, 1.82) is 0 Å². The lowest BCUT2D eigenvalue weighted by molar-refractivity contribution is 0.306. The topological polar surface area (TPSA) is 59.6 Å². The van der Waals surface area contributed by atoms with Crippen LogP contribution in [0.1, 0.15) is 24.0 Å². The lowest BCUT2D eigenvalue weighted by Gasteiger charge is -2.18. The summed E-state index contributed by atoms with van der Waals surface area (Å²) < 4.78 is 5.90. The van der Waals surface area contributed by atoms with Gasteiger partial charge in [-0.15, -0.1) is 0 Å². The lowest BCUT2D eigenvalue weighted by atomic mass is 10.1. The number of hydrogen-bond acceptors (Lipinski definition) is 4. The molecule has 130 valence electrons. The quantitative estimate of drug-likeness (QED) is 0.796. The number of piperidine rings is 1. The van der Waals surface area contributed by atoms with E-state index in [4.69, 9.17) is 15.5 Å². The number of allylic oxidation sites excluding steroid dienone is 1. The summed E-state index contributed by atoms with van der Waals surface area (Å²) in [5.74, 6) is 0.830. The predicted molar refractivity (Wildman–Crippen MR) is 104 cm³/mol. The molecule has 1 saturated heterocycles. The molecule has 1 aliphatic heterocycles. The Bertz CT molecular complexity index is 719. The summed E-state index contributed by atoms with van der Waals surface area (Å²) in [6.07, 6.45) is 5.66. The lowest BCUT2D eigenvalue weighted by Crippen LogP contribution is -2.29. The molecule has 0 amide bonds. The first-order valence-corrected chi connectivity index (χ1v) is 8.78. The van der Waals surface area contributed by atoms with Crippen molar-refractivity contribution in [2.24, 2.45) is 10.7 Å². The van der Waals surface area contributed by atoms with Crippen LogP contribution in [0.2, 0.25) is 0 Å².